The Hall–Kier alpha value is -9.50. The van der Waals surface area contributed by atoms with E-state index in [1.54, 1.807) is 41.5 Å². The van der Waals surface area contributed by atoms with Gasteiger partial charge in [-0.05, 0) is 237 Å². The van der Waals surface area contributed by atoms with Crippen LogP contribution in [0.25, 0.3) is 0 Å². The van der Waals surface area contributed by atoms with Crippen molar-refractivity contribution in [3.8, 4) is 0 Å². The molecule has 0 saturated heterocycles. The summed E-state index contributed by atoms with van der Waals surface area (Å²) in [5.74, 6) is -13.5. The van der Waals surface area contributed by atoms with Crippen molar-refractivity contribution in [3.05, 3.63) is 35.9 Å². The Balaban J connectivity index is 3.45. The van der Waals surface area contributed by atoms with E-state index in [1.165, 1.54) is 34.6 Å². The molecule has 15 amide bonds. The molecule has 0 radical (unpaired) electrons. The Morgan fingerprint density at radius 2 is 0.426 bits per heavy atom. The number of carbonyl (C=O) groups is 16. The SMILES string of the molecule is CC(C)C[C@H](NC(=O)[C@H](C)NC(=O)[C@H](CCCCN)NC(=O)[C@H](CCCCN)NC(=O)[C@H](CC(C)C)NC(=O)[C@H](C)NC(=O)[C@H](CCCCN)NC(=O)[C@H](CC(C)C)NC(=O)[C@H](C)NC(=O)[C@H](CCCCN)NC(=O)[C@H](CCCCN)NC(=O)[C@H](CC(C)C)NC(=O)[C@H](C)NC(=O)[C@H](CC(C)C)NC(=O)[C@H](C)NC(=O)[C@@H](N)Cc1ccccc1)C(=O)O. The third-order valence-electron chi connectivity index (χ3n) is 20.0. The molecule has 122 heavy (non-hydrogen) atoms. The Kier molecular flexibility index (Phi) is 54.4. The maximum Gasteiger partial charge on any atom is 0.326 e. The summed E-state index contributed by atoms with van der Waals surface area (Å²) in [6, 6.07) is -10.8. The molecule has 0 fully saturated rings. The molecule has 0 saturated carbocycles. The highest BCUT2D eigenvalue weighted by Gasteiger charge is 2.38. The number of amides is 15. The minimum absolute atomic E-state index is 0.0205. The summed E-state index contributed by atoms with van der Waals surface area (Å²) in [4.78, 5) is 222. The van der Waals surface area contributed by atoms with Crippen molar-refractivity contribution in [2.24, 2.45) is 64.0 Å². The lowest BCUT2D eigenvalue weighted by molar-refractivity contribution is -0.142. The van der Waals surface area contributed by atoms with Crippen LogP contribution in [0.2, 0.25) is 0 Å². The first-order valence-corrected chi connectivity index (χ1v) is 43.5. The van der Waals surface area contributed by atoms with Crippen LogP contribution in [-0.4, -0.2) is 229 Å². The van der Waals surface area contributed by atoms with Gasteiger partial charge in [-0.3, -0.25) is 71.9 Å². The molecule has 1 aromatic rings. The van der Waals surface area contributed by atoms with Crippen LogP contribution in [0.5, 0.6) is 0 Å². The van der Waals surface area contributed by atoms with Gasteiger partial charge < -0.3 is 119 Å². The second-order valence-corrected chi connectivity index (χ2v) is 34.0. The topological polar surface area (TPSA) is 630 Å². The van der Waals surface area contributed by atoms with Crippen molar-refractivity contribution >= 4 is 94.6 Å². The van der Waals surface area contributed by atoms with E-state index in [4.69, 9.17) is 34.4 Å². The highest BCUT2D eigenvalue weighted by Crippen LogP contribution is 2.16. The van der Waals surface area contributed by atoms with Gasteiger partial charge in [-0.15, -0.1) is 0 Å². The summed E-state index contributed by atoms with van der Waals surface area (Å²) in [6.07, 6.45) is 4.81. The van der Waals surface area contributed by atoms with E-state index in [9.17, 15) is 81.8 Å². The van der Waals surface area contributed by atoms with E-state index < -0.39 is 191 Å². The number of benzene rings is 1. The molecule has 0 aromatic heterocycles. The molecule has 0 heterocycles. The summed E-state index contributed by atoms with van der Waals surface area (Å²) in [5.41, 5.74) is 36.1. The number of hydrogen-bond acceptors (Lipinski definition) is 22. The lowest BCUT2D eigenvalue weighted by atomic mass is 10.0. The summed E-state index contributed by atoms with van der Waals surface area (Å²) >= 11 is 0. The first kappa shape index (κ1) is 111. The fraction of sp³-hybridized carbons (Fsp3) is 0.738. The quantitative estimate of drug-likeness (QED) is 0.0344. The average Bonchev–Trinajstić information content (AvgIpc) is 0.861. The Labute approximate surface area is 721 Å². The molecule has 38 heteroatoms. The molecular formula is C84H151N21O17. The van der Waals surface area contributed by atoms with Gasteiger partial charge in [0.25, 0.3) is 0 Å². The van der Waals surface area contributed by atoms with Crippen LogP contribution in [0.4, 0.5) is 0 Å². The van der Waals surface area contributed by atoms with Crippen molar-refractivity contribution in [2.45, 2.75) is 335 Å². The molecule has 0 aliphatic heterocycles. The van der Waals surface area contributed by atoms with Crippen molar-refractivity contribution in [3.63, 3.8) is 0 Å². The van der Waals surface area contributed by atoms with Gasteiger partial charge in [-0.2, -0.15) is 0 Å². The number of carboxylic acid groups (broad SMARTS) is 1. The van der Waals surface area contributed by atoms with Gasteiger partial charge in [0.15, 0.2) is 0 Å². The van der Waals surface area contributed by atoms with E-state index in [0.717, 1.165) is 5.56 Å². The summed E-state index contributed by atoms with van der Waals surface area (Å²) in [7, 11) is 0. The van der Waals surface area contributed by atoms with Crippen molar-refractivity contribution in [1.82, 2.24) is 79.8 Å². The molecule has 0 aliphatic rings. The molecule has 0 aliphatic carbocycles. The molecule has 16 atom stereocenters. The summed E-state index contributed by atoms with van der Waals surface area (Å²) in [5, 5.41) is 49.7. The summed E-state index contributed by atoms with van der Waals surface area (Å²) in [6.45, 7) is 26.2. The fourth-order valence-electron chi connectivity index (χ4n) is 13.0. The fourth-order valence-corrected chi connectivity index (χ4v) is 13.0. The molecule has 0 bridgehead atoms. The van der Waals surface area contributed by atoms with Crippen LogP contribution in [-0.2, 0) is 83.1 Å². The highest BCUT2D eigenvalue weighted by molar-refractivity contribution is 6.00. The number of unbranched alkanes of at least 4 members (excludes halogenated alkanes) is 5. The Bertz CT molecular complexity index is 3450. The lowest BCUT2D eigenvalue weighted by Gasteiger charge is -2.28. The van der Waals surface area contributed by atoms with Gasteiger partial charge in [0.1, 0.15) is 90.6 Å². The van der Waals surface area contributed by atoms with E-state index in [1.807, 2.05) is 58.0 Å². The number of nitrogens with two attached hydrogens (primary N) is 6. The zero-order chi connectivity index (χ0) is 92.5. The zero-order valence-electron chi connectivity index (χ0n) is 74.8. The maximum absolute atomic E-state index is 14.5. The van der Waals surface area contributed by atoms with E-state index in [0.29, 0.717) is 64.2 Å². The normalized spacial score (nSPS) is 15.4. The highest BCUT2D eigenvalue weighted by atomic mass is 16.4. The molecule has 0 spiro atoms. The minimum Gasteiger partial charge on any atom is -0.480 e. The lowest BCUT2D eigenvalue weighted by Crippen LogP contribution is -2.60. The predicted molar refractivity (Wildman–Crippen MR) is 465 cm³/mol. The molecule has 694 valence electrons. The number of carbonyl (C=O) groups excluding carboxylic acids is 15. The first-order valence-electron chi connectivity index (χ1n) is 43.5. The predicted octanol–water partition coefficient (Wildman–Crippen LogP) is -1.11. The molecular weight excluding hydrogens is 1580 g/mol. The third-order valence-corrected chi connectivity index (χ3v) is 20.0. The molecule has 1 rings (SSSR count). The van der Waals surface area contributed by atoms with Crippen LogP contribution < -0.4 is 114 Å². The van der Waals surface area contributed by atoms with Gasteiger partial charge in [0.2, 0.25) is 88.6 Å². The number of hydrogen-bond donors (Lipinski definition) is 22. The van der Waals surface area contributed by atoms with Gasteiger partial charge in [0.05, 0.1) is 6.04 Å². The van der Waals surface area contributed by atoms with Crippen LogP contribution >= 0.6 is 0 Å². The summed E-state index contributed by atoms with van der Waals surface area (Å²) < 4.78 is 0. The number of carboxylic acids is 1. The van der Waals surface area contributed by atoms with Crippen molar-refractivity contribution in [2.75, 3.05) is 32.7 Å². The standard InChI is InChI=1S/C84H151N21O17/c1-47(2)41-64(101-69(106)52(11)91-74(111)58(90)46-57-29-17-16-18-30-57)80(117)95-55(14)72(109)104-67(44-50(7)8)83(120)100-62(34-22-27-39-88)78(115)96-59(31-19-24-36-85)75(112)92-53(12)70(107)102-65(42-48(3)4)81(118)98-61(33-21-26-38-87)77(114)93-54(13)71(108)103-66(43-49(5)6)82(119)99-63(35-23-28-40-89)79(116)97-60(32-20-25-37-86)76(113)94-56(15)73(110)105-68(84(121)122)45-51(9)10/h16-18,29-30,47-56,58-68H,19-28,31-46,85-90H2,1-15H3,(H,91,111)(H,92,112)(H,93,114)(H,94,113)(H,95,117)(H,96,115)(H,97,116)(H,98,118)(H,99,119)(H,100,120)(H,101,106)(H,102,107)(H,103,108)(H,104,109)(H,105,110)(H,121,122)/t52-,53-,54-,55-,56-,58-,59-,60-,61-,62-,63-,64-,65-,66-,67-,68-/m0/s1. The van der Waals surface area contributed by atoms with Gasteiger partial charge >= 0.3 is 5.97 Å². The van der Waals surface area contributed by atoms with Crippen LogP contribution in [0, 0.1) is 29.6 Å². The Morgan fingerprint density at radius 1 is 0.246 bits per heavy atom. The van der Waals surface area contributed by atoms with Crippen LogP contribution in [0.3, 0.4) is 0 Å². The van der Waals surface area contributed by atoms with Gasteiger partial charge in [0, 0.05) is 0 Å². The van der Waals surface area contributed by atoms with Crippen molar-refractivity contribution < 1.29 is 81.8 Å². The second kappa shape index (κ2) is 60.1. The second-order valence-electron chi connectivity index (χ2n) is 34.0. The Morgan fingerprint density at radius 3 is 0.639 bits per heavy atom. The number of nitrogens with one attached hydrogen (secondary N) is 15. The smallest absolute Gasteiger partial charge is 0.326 e. The number of aliphatic carboxylic acids is 1. The maximum atomic E-state index is 14.5. The van der Waals surface area contributed by atoms with Crippen molar-refractivity contribution in [1.29, 1.82) is 0 Å². The number of rotatable bonds is 63. The molecule has 1 aromatic carbocycles. The molecule has 0 unspecified atom stereocenters. The van der Waals surface area contributed by atoms with E-state index in [-0.39, 0.29) is 133 Å². The minimum atomic E-state index is -1.36. The van der Waals surface area contributed by atoms with E-state index in [2.05, 4.69) is 79.8 Å². The van der Waals surface area contributed by atoms with Gasteiger partial charge in [-0.1, -0.05) is 99.6 Å². The monoisotopic (exact) mass is 1730 g/mol. The van der Waals surface area contributed by atoms with Crippen LogP contribution in [0.1, 0.15) is 238 Å². The first-order chi connectivity index (χ1) is 57.4. The molecule has 38 nitrogen and oxygen atoms in total. The largest absolute Gasteiger partial charge is 0.480 e. The third kappa shape index (κ3) is 45.0. The average molecular weight is 1730 g/mol. The molecule has 28 N–H and O–H groups in total. The van der Waals surface area contributed by atoms with E-state index >= 15 is 0 Å². The van der Waals surface area contributed by atoms with Gasteiger partial charge in [-0.25, -0.2) is 4.79 Å². The van der Waals surface area contributed by atoms with Crippen LogP contribution in [0.15, 0.2) is 30.3 Å². The zero-order valence-corrected chi connectivity index (χ0v) is 74.8.